The highest BCUT2D eigenvalue weighted by Gasteiger charge is 2.31. The third-order valence-corrected chi connectivity index (χ3v) is 4.12. The van der Waals surface area contributed by atoms with Crippen molar-refractivity contribution < 1.29 is 0 Å². The molecule has 0 spiro atoms. The molecule has 1 aromatic heterocycles. The van der Waals surface area contributed by atoms with Crippen molar-refractivity contribution in [3.63, 3.8) is 0 Å². The zero-order chi connectivity index (χ0) is 11.0. The molecule has 3 heteroatoms. The Hall–Kier alpha value is -0.570. The van der Waals surface area contributed by atoms with E-state index in [4.69, 9.17) is 0 Å². The van der Waals surface area contributed by atoms with Gasteiger partial charge in [0.2, 0.25) is 0 Å². The summed E-state index contributed by atoms with van der Waals surface area (Å²) >= 11 is 3.48. The molecule has 15 heavy (non-hydrogen) atoms. The first-order chi connectivity index (χ1) is 7.09. The minimum atomic E-state index is 0.609. The number of hydrogen-bond acceptors (Lipinski definition) is 2. The fourth-order valence-corrected chi connectivity index (χ4v) is 2.05. The second kappa shape index (κ2) is 4.12. The normalized spacial score (nSPS) is 17.6. The van der Waals surface area contributed by atoms with Gasteiger partial charge in [-0.25, -0.2) is 4.98 Å². The van der Waals surface area contributed by atoms with Crippen molar-refractivity contribution in [3.05, 3.63) is 22.3 Å². The van der Waals surface area contributed by atoms with Gasteiger partial charge in [-0.2, -0.15) is 0 Å². The first kappa shape index (κ1) is 10.9. The van der Waals surface area contributed by atoms with Crippen LogP contribution >= 0.6 is 15.9 Å². The van der Waals surface area contributed by atoms with E-state index < -0.39 is 0 Å². The van der Waals surface area contributed by atoms with Crippen LogP contribution in [0.25, 0.3) is 0 Å². The van der Waals surface area contributed by atoms with E-state index >= 15 is 0 Å². The van der Waals surface area contributed by atoms with Gasteiger partial charge in [-0.3, -0.25) is 0 Å². The highest BCUT2D eigenvalue weighted by atomic mass is 79.9. The van der Waals surface area contributed by atoms with Crippen LogP contribution in [-0.2, 0) is 0 Å². The second-order valence-corrected chi connectivity index (χ2v) is 5.28. The van der Waals surface area contributed by atoms with Crippen LogP contribution in [0.5, 0.6) is 0 Å². The monoisotopic (exact) mass is 268 g/mol. The Morgan fingerprint density at radius 1 is 1.47 bits per heavy atom. The lowest BCUT2D eigenvalue weighted by Gasteiger charge is -2.26. The van der Waals surface area contributed by atoms with Gasteiger partial charge in [0.05, 0.1) is 5.69 Å². The molecule has 0 radical (unpaired) electrons. The van der Waals surface area contributed by atoms with Crippen molar-refractivity contribution >= 4 is 21.7 Å². The number of rotatable bonds is 3. The van der Waals surface area contributed by atoms with Gasteiger partial charge in [-0.15, -0.1) is 0 Å². The van der Waals surface area contributed by atoms with Gasteiger partial charge in [0.15, 0.2) is 0 Å². The summed E-state index contributed by atoms with van der Waals surface area (Å²) in [5.41, 5.74) is 1.06. The van der Waals surface area contributed by atoms with Crippen LogP contribution < -0.4 is 4.90 Å². The molecule has 1 atom stereocenters. The molecule has 1 aromatic rings. The van der Waals surface area contributed by atoms with Gasteiger partial charge < -0.3 is 4.90 Å². The molecule has 0 bridgehead atoms. The zero-order valence-corrected chi connectivity index (χ0v) is 11.1. The van der Waals surface area contributed by atoms with Crippen LogP contribution in [0.3, 0.4) is 0 Å². The highest BCUT2D eigenvalue weighted by molar-refractivity contribution is 9.10. The van der Waals surface area contributed by atoms with E-state index in [0.717, 1.165) is 21.9 Å². The predicted molar refractivity (Wildman–Crippen MR) is 67.3 cm³/mol. The Kier molecular flexibility index (Phi) is 3.01. The molecule has 2 nitrogen and oxygen atoms in total. The fourth-order valence-electron chi connectivity index (χ4n) is 1.83. The largest absolute Gasteiger partial charge is 0.357 e. The van der Waals surface area contributed by atoms with E-state index in [1.54, 1.807) is 0 Å². The van der Waals surface area contributed by atoms with Crippen molar-refractivity contribution in [1.82, 2.24) is 4.98 Å². The second-order valence-electron chi connectivity index (χ2n) is 4.43. The molecular formula is C12H17BrN2. The molecule has 1 saturated carbocycles. The van der Waals surface area contributed by atoms with Crippen LogP contribution in [0.2, 0.25) is 0 Å². The van der Waals surface area contributed by atoms with E-state index in [9.17, 15) is 0 Å². The third-order valence-electron chi connectivity index (χ3n) is 3.28. The van der Waals surface area contributed by atoms with Crippen molar-refractivity contribution in [2.45, 2.75) is 32.7 Å². The Morgan fingerprint density at radius 2 is 2.13 bits per heavy atom. The topological polar surface area (TPSA) is 16.1 Å². The Morgan fingerprint density at radius 3 is 2.67 bits per heavy atom. The Balaban J connectivity index is 2.17. The lowest BCUT2D eigenvalue weighted by molar-refractivity contribution is 0.603. The molecule has 1 fully saturated rings. The number of halogens is 1. The molecular weight excluding hydrogens is 252 g/mol. The summed E-state index contributed by atoms with van der Waals surface area (Å²) in [5.74, 6) is 1.95. The molecule has 0 saturated heterocycles. The minimum Gasteiger partial charge on any atom is -0.357 e. The summed E-state index contributed by atoms with van der Waals surface area (Å²) in [4.78, 5) is 6.87. The summed E-state index contributed by atoms with van der Waals surface area (Å²) in [6.45, 7) is 4.32. The highest BCUT2D eigenvalue weighted by Crippen LogP contribution is 2.36. The van der Waals surface area contributed by atoms with Crippen molar-refractivity contribution in [1.29, 1.82) is 0 Å². The van der Waals surface area contributed by atoms with Crippen LogP contribution in [0.1, 0.15) is 25.5 Å². The van der Waals surface area contributed by atoms with Gasteiger partial charge in [0, 0.05) is 17.6 Å². The average Bonchev–Trinajstić information content (AvgIpc) is 3.03. The molecule has 82 valence electrons. The van der Waals surface area contributed by atoms with Crippen LogP contribution in [0.4, 0.5) is 5.82 Å². The molecule has 1 aliphatic carbocycles. The van der Waals surface area contributed by atoms with Gasteiger partial charge >= 0.3 is 0 Å². The molecule has 1 heterocycles. The zero-order valence-electron chi connectivity index (χ0n) is 9.50. The van der Waals surface area contributed by atoms with Crippen molar-refractivity contribution in [3.8, 4) is 0 Å². The van der Waals surface area contributed by atoms with Crippen molar-refractivity contribution in [2.75, 3.05) is 11.9 Å². The van der Waals surface area contributed by atoms with E-state index in [1.807, 2.05) is 6.92 Å². The van der Waals surface area contributed by atoms with E-state index in [0.29, 0.717) is 6.04 Å². The average molecular weight is 269 g/mol. The number of hydrogen-bond donors (Lipinski definition) is 0. The molecule has 0 aromatic carbocycles. The van der Waals surface area contributed by atoms with Crippen LogP contribution in [-0.4, -0.2) is 18.1 Å². The Bertz CT molecular complexity index is 361. The van der Waals surface area contributed by atoms with E-state index in [1.165, 1.54) is 12.8 Å². The molecule has 0 aliphatic heterocycles. The fraction of sp³-hybridized carbons (Fsp3) is 0.583. The molecule has 1 aliphatic rings. The maximum atomic E-state index is 4.58. The summed E-state index contributed by atoms with van der Waals surface area (Å²) in [7, 11) is 2.14. The molecule has 2 rings (SSSR count). The number of anilines is 1. The van der Waals surface area contributed by atoms with Crippen molar-refractivity contribution in [2.24, 2.45) is 5.92 Å². The first-order valence-electron chi connectivity index (χ1n) is 5.45. The molecule has 0 N–H and O–H groups in total. The molecule has 0 amide bonds. The summed E-state index contributed by atoms with van der Waals surface area (Å²) < 4.78 is 1.08. The van der Waals surface area contributed by atoms with Crippen LogP contribution in [0, 0.1) is 12.8 Å². The van der Waals surface area contributed by atoms with E-state index in [2.05, 4.69) is 51.9 Å². The van der Waals surface area contributed by atoms with Gasteiger partial charge in [0.1, 0.15) is 5.82 Å². The van der Waals surface area contributed by atoms with Gasteiger partial charge in [0.25, 0.3) is 0 Å². The SMILES string of the molecule is Cc1nc(N(C)C(C)C2CC2)ccc1Br. The number of aryl methyl sites for hydroxylation is 1. The lowest BCUT2D eigenvalue weighted by atomic mass is 10.2. The number of pyridine rings is 1. The standard InChI is InChI=1S/C12H17BrN2/c1-8-11(13)6-7-12(14-8)15(3)9(2)10-4-5-10/h6-7,9-10H,4-5H2,1-3H3. The summed E-state index contributed by atoms with van der Waals surface area (Å²) in [6.07, 6.45) is 2.75. The van der Waals surface area contributed by atoms with Gasteiger partial charge in [-0.05, 0) is 60.7 Å². The summed E-state index contributed by atoms with van der Waals surface area (Å²) in [6, 6.07) is 4.77. The van der Waals surface area contributed by atoms with Gasteiger partial charge in [-0.1, -0.05) is 0 Å². The number of nitrogens with zero attached hydrogens (tertiary/aromatic N) is 2. The van der Waals surface area contributed by atoms with Crippen LogP contribution in [0.15, 0.2) is 16.6 Å². The number of aromatic nitrogens is 1. The minimum absolute atomic E-state index is 0.609. The predicted octanol–water partition coefficient (Wildman–Crippen LogP) is 3.39. The third kappa shape index (κ3) is 2.33. The first-order valence-corrected chi connectivity index (χ1v) is 6.25. The summed E-state index contributed by atoms with van der Waals surface area (Å²) in [5, 5.41) is 0. The maximum Gasteiger partial charge on any atom is 0.128 e. The quantitative estimate of drug-likeness (QED) is 0.836. The lowest BCUT2D eigenvalue weighted by Crippen LogP contribution is -2.31. The Labute approximate surface area is 99.8 Å². The maximum absolute atomic E-state index is 4.58. The van der Waals surface area contributed by atoms with E-state index in [-0.39, 0.29) is 0 Å². The molecule has 1 unspecified atom stereocenters. The smallest absolute Gasteiger partial charge is 0.128 e.